The molecule has 0 saturated carbocycles. The summed E-state index contributed by atoms with van der Waals surface area (Å²) in [6, 6.07) is 42.5. The van der Waals surface area contributed by atoms with E-state index in [0.717, 1.165) is 39.9 Å². The average molecular weight is 975 g/mol. The lowest BCUT2D eigenvalue weighted by molar-refractivity contribution is 0.494. The summed E-state index contributed by atoms with van der Waals surface area (Å²) in [6.45, 7) is 44.3. The zero-order chi connectivity index (χ0) is 51.3. The Balaban J connectivity index is 1.36. The van der Waals surface area contributed by atoms with E-state index in [1.165, 1.54) is 79.8 Å². The van der Waals surface area contributed by atoms with Crippen LogP contribution in [0.3, 0.4) is 0 Å². The van der Waals surface area contributed by atoms with Crippen molar-refractivity contribution >= 4 is 98.7 Å². The summed E-state index contributed by atoms with van der Waals surface area (Å²) >= 11 is 3.98. The maximum Gasteiger partial charge on any atom is 0.281 e. The zero-order valence-electron chi connectivity index (χ0n) is 46.1. The molecule has 0 bridgehead atoms. The lowest BCUT2D eigenvalue weighted by atomic mass is 9.40. The number of ether oxygens (including phenoxy) is 1. The van der Waals surface area contributed by atoms with E-state index in [0.29, 0.717) is 0 Å². The van der Waals surface area contributed by atoms with E-state index in [1.54, 1.807) is 0 Å². The molecule has 6 aromatic carbocycles. The Bertz CT molecular complexity index is 3330. The fourth-order valence-corrected chi connectivity index (χ4v) is 13.9. The number of benzene rings is 6. The monoisotopic (exact) mass is 975 g/mol. The molecule has 0 saturated heterocycles. The van der Waals surface area contributed by atoms with Crippen LogP contribution >= 0.6 is 22.7 Å². The van der Waals surface area contributed by atoms with Gasteiger partial charge in [0.15, 0.2) is 0 Å². The third-order valence-corrected chi connectivity index (χ3v) is 17.6. The van der Waals surface area contributed by atoms with Gasteiger partial charge in [0.2, 0.25) is 0 Å². The van der Waals surface area contributed by atoms with Crippen molar-refractivity contribution in [3.8, 4) is 11.5 Å². The second-order valence-corrected chi connectivity index (χ2v) is 29.0. The van der Waals surface area contributed by atoms with Gasteiger partial charge in [0, 0.05) is 58.5 Å². The lowest BCUT2D eigenvalue weighted by Crippen LogP contribution is -2.57. The standard InChI is InChI=1S/C65H75BN2OS2/c1-38-20-26-45(27-21-38)68-51-36-46(67(43-28-22-39(23-29-43)60(2,3)4)44-30-24-40(25-31-44)61(5,6)7)37-52-53(51)66(58-54(68)47-32-41(62(8,9)10)34-49(56(47)70-58)64(14,15)16)59-55(69-52)48-33-42(63(11,12)13)35-50(57(48)71-59)65(17,18)19/h20-37H,1-19H3. The van der Waals surface area contributed by atoms with Gasteiger partial charge in [-0.05, 0) is 133 Å². The first-order valence-corrected chi connectivity index (χ1v) is 27.5. The first kappa shape index (κ1) is 49.3. The summed E-state index contributed by atoms with van der Waals surface area (Å²) in [5.74, 6) is 1.93. The number of hydrogen-bond acceptors (Lipinski definition) is 5. The van der Waals surface area contributed by atoms with Gasteiger partial charge in [-0.1, -0.05) is 179 Å². The summed E-state index contributed by atoms with van der Waals surface area (Å²) in [5.41, 5.74) is 17.2. The molecule has 366 valence electrons. The fraction of sp³-hybridized carbons (Fsp3) is 0.385. The van der Waals surface area contributed by atoms with Crippen LogP contribution in [0.5, 0.6) is 11.5 Å². The molecule has 2 aromatic heterocycles. The van der Waals surface area contributed by atoms with E-state index < -0.39 is 0 Å². The van der Waals surface area contributed by atoms with Gasteiger partial charge >= 0.3 is 0 Å². The van der Waals surface area contributed by atoms with Gasteiger partial charge in [0.05, 0.1) is 11.4 Å². The molecule has 2 aliphatic heterocycles. The maximum absolute atomic E-state index is 7.70. The summed E-state index contributed by atoms with van der Waals surface area (Å²) in [5, 5.41) is 2.55. The molecule has 0 atom stereocenters. The predicted molar refractivity (Wildman–Crippen MR) is 315 cm³/mol. The molecule has 8 aromatic rings. The average Bonchev–Trinajstić information content (AvgIpc) is 3.83. The molecule has 6 heteroatoms. The van der Waals surface area contributed by atoms with Gasteiger partial charge < -0.3 is 14.5 Å². The molecular formula is C65H75BN2OS2. The Morgan fingerprint density at radius 1 is 0.451 bits per heavy atom. The highest BCUT2D eigenvalue weighted by Crippen LogP contribution is 2.53. The van der Waals surface area contributed by atoms with Gasteiger partial charge in [-0.25, -0.2) is 0 Å². The van der Waals surface area contributed by atoms with Gasteiger partial charge in [-0.15, -0.1) is 22.7 Å². The van der Waals surface area contributed by atoms with Gasteiger partial charge in [0.1, 0.15) is 11.5 Å². The smallest absolute Gasteiger partial charge is 0.281 e. The van der Waals surface area contributed by atoms with Crippen LogP contribution in [-0.2, 0) is 32.5 Å². The van der Waals surface area contributed by atoms with Crippen LogP contribution in [0.15, 0.2) is 109 Å². The highest BCUT2D eigenvalue weighted by Gasteiger charge is 2.47. The molecule has 0 unspecified atom stereocenters. The number of anilines is 6. The molecule has 0 fully saturated rings. The normalized spacial score (nSPS) is 14.2. The number of aryl methyl sites for hydroxylation is 1. The highest BCUT2D eigenvalue weighted by atomic mass is 32.1. The summed E-state index contributed by atoms with van der Waals surface area (Å²) in [7, 11) is 0. The predicted octanol–water partition coefficient (Wildman–Crippen LogP) is 18.1. The van der Waals surface area contributed by atoms with Crippen LogP contribution < -0.4 is 29.6 Å². The Kier molecular flexibility index (Phi) is 11.4. The number of nitrogens with zero attached hydrogens (tertiary/aromatic N) is 2. The molecule has 0 N–H and O–H groups in total. The number of hydrogen-bond donors (Lipinski definition) is 0. The number of rotatable bonds is 4. The first-order chi connectivity index (χ1) is 32.9. The van der Waals surface area contributed by atoms with E-state index in [4.69, 9.17) is 4.74 Å². The third-order valence-electron chi connectivity index (χ3n) is 15.0. The van der Waals surface area contributed by atoms with Crippen molar-refractivity contribution in [2.24, 2.45) is 0 Å². The quantitative estimate of drug-likeness (QED) is 0.163. The lowest BCUT2D eigenvalue weighted by Gasteiger charge is -2.39. The van der Waals surface area contributed by atoms with Crippen LogP contribution in [0.25, 0.3) is 20.2 Å². The zero-order valence-corrected chi connectivity index (χ0v) is 47.7. The Morgan fingerprint density at radius 3 is 1.37 bits per heavy atom. The van der Waals surface area contributed by atoms with E-state index >= 15 is 0 Å². The Labute approximate surface area is 434 Å². The molecule has 3 nitrogen and oxygen atoms in total. The minimum Gasteiger partial charge on any atom is -0.457 e. The second kappa shape index (κ2) is 16.4. The minimum absolute atomic E-state index is 0.0204. The second-order valence-electron chi connectivity index (χ2n) is 26.9. The highest BCUT2D eigenvalue weighted by molar-refractivity contribution is 7.40. The van der Waals surface area contributed by atoms with Gasteiger partial charge in [-0.3, -0.25) is 0 Å². The van der Waals surface area contributed by atoms with Crippen molar-refractivity contribution in [1.29, 1.82) is 0 Å². The Hall–Kier alpha value is -5.30. The van der Waals surface area contributed by atoms with Crippen LogP contribution in [0.4, 0.5) is 34.1 Å². The molecule has 0 aliphatic carbocycles. The maximum atomic E-state index is 7.70. The van der Waals surface area contributed by atoms with E-state index in [1.807, 2.05) is 22.7 Å². The van der Waals surface area contributed by atoms with Gasteiger partial charge in [-0.2, -0.15) is 0 Å². The van der Waals surface area contributed by atoms with Crippen molar-refractivity contribution in [2.75, 3.05) is 9.80 Å². The van der Waals surface area contributed by atoms with Crippen molar-refractivity contribution in [3.05, 3.63) is 148 Å². The van der Waals surface area contributed by atoms with Crippen LogP contribution in [0, 0.1) is 6.92 Å². The largest absolute Gasteiger partial charge is 0.457 e. The first-order valence-electron chi connectivity index (χ1n) is 25.9. The van der Waals surface area contributed by atoms with E-state index in [2.05, 4.69) is 251 Å². The van der Waals surface area contributed by atoms with Gasteiger partial charge in [0.25, 0.3) is 6.71 Å². The number of fused-ring (bicyclic) bond motifs is 8. The molecule has 4 heterocycles. The molecule has 2 aliphatic rings. The molecular weight excluding hydrogens is 900 g/mol. The summed E-state index contributed by atoms with van der Waals surface area (Å²) < 4.78 is 13.1. The molecule has 0 radical (unpaired) electrons. The van der Waals surface area contributed by atoms with Crippen molar-refractivity contribution in [2.45, 2.75) is 164 Å². The summed E-state index contributed by atoms with van der Waals surface area (Å²) in [6.07, 6.45) is 0. The van der Waals surface area contributed by atoms with Crippen LogP contribution in [0.2, 0.25) is 0 Å². The molecule has 0 amide bonds. The third kappa shape index (κ3) is 8.53. The van der Waals surface area contributed by atoms with E-state index in [-0.39, 0.29) is 39.2 Å². The van der Waals surface area contributed by atoms with Crippen molar-refractivity contribution in [1.82, 2.24) is 0 Å². The van der Waals surface area contributed by atoms with Crippen molar-refractivity contribution in [3.63, 3.8) is 0 Å². The molecule has 71 heavy (non-hydrogen) atoms. The minimum atomic E-state index is -0.0815. The van der Waals surface area contributed by atoms with Crippen LogP contribution in [-0.4, -0.2) is 6.71 Å². The summed E-state index contributed by atoms with van der Waals surface area (Å²) in [4.78, 5) is 5.06. The Morgan fingerprint density at radius 2 is 0.901 bits per heavy atom. The van der Waals surface area contributed by atoms with Crippen molar-refractivity contribution < 1.29 is 4.74 Å². The fourth-order valence-electron chi connectivity index (χ4n) is 10.6. The van der Waals surface area contributed by atoms with Crippen LogP contribution in [0.1, 0.15) is 164 Å². The SMILES string of the molecule is Cc1ccc(N2c3cc(N(c4ccc(C(C)(C)C)cc4)c4ccc(C(C)(C)C)cc4)cc4c3B(c3sc5c(C(C)(C)C)cc(C(C)(C)C)cc5c3O4)c3sc4c(C(C)(C)C)cc(C(C)(C)C)cc4c32)cc1. The number of thiophene rings is 2. The molecule has 0 spiro atoms. The van der Waals surface area contributed by atoms with E-state index in [9.17, 15) is 0 Å². The molecule has 10 rings (SSSR count). The topological polar surface area (TPSA) is 15.7 Å².